The maximum Gasteiger partial charge on any atom is 0.312 e. The summed E-state index contributed by atoms with van der Waals surface area (Å²) < 4.78 is 0. The molecule has 4 heteroatoms. The van der Waals surface area contributed by atoms with E-state index in [1.54, 1.807) is 24.3 Å². The highest BCUT2D eigenvalue weighted by molar-refractivity contribution is 5.87. The van der Waals surface area contributed by atoms with Crippen LogP contribution in [0.2, 0.25) is 0 Å². The van der Waals surface area contributed by atoms with Gasteiger partial charge in [-0.1, -0.05) is 12.1 Å². The lowest BCUT2D eigenvalue weighted by atomic mass is 10.00. The Labute approximate surface area is 87.3 Å². The van der Waals surface area contributed by atoms with E-state index in [1.165, 1.54) is 0 Å². The number of benzene rings is 1. The second kappa shape index (κ2) is 4.91. The van der Waals surface area contributed by atoms with Crippen LogP contribution in [0.5, 0.6) is 0 Å². The highest BCUT2D eigenvalue weighted by atomic mass is 16.4. The second-order valence-electron chi connectivity index (χ2n) is 3.12. The van der Waals surface area contributed by atoms with Crippen LogP contribution in [0.3, 0.4) is 0 Å². The van der Waals surface area contributed by atoms with Crippen molar-refractivity contribution >= 4 is 12.2 Å². The van der Waals surface area contributed by atoms with E-state index in [4.69, 9.17) is 15.8 Å². The molecule has 1 aromatic rings. The molecule has 0 aromatic heterocycles. The molecule has 1 unspecified atom stereocenters. The van der Waals surface area contributed by atoms with Crippen molar-refractivity contribution in [3.8, 4) is 6.07 Å². The van der Waals surface area contributed by atoms with Gasteiger partial charge in [0, 0.05) is 6.21 Å². The normalized spacial score (nSPS) is 11.4. The fourth-order valence-corrected chi connectivity index (χ4v) is 1.19. The number of carboxylic acid groups (broad SMARTS) is 1. The first kappa shape index (κ1) is 10.9. The van der Waals surface area contributed by atoms with Crippen LogP contribution in [0.25, 0.3) is 0 Å². The molecule has 1 aromatic carbocycles. The monoisotopic (exact) mass is 202 g/mol. The lowest BCUT2D eigenvalue weighted by molar-refractivity contribution is -0.139. The molecular weight excluding hydrogens is 192 g/mol. The maximum atomic E-state index is 10.7. The predicted octanol–water partition coefficient (Wildman–Crippen LogP) is 1.45. The zero-order valence-electron chi connectivity index (χ0n) is 7.97. The molecule has 0 fully saturated rings. The van der Waals surface area contributed by atoms with E-state index in [0.717, 1.165) is 11.8 Å². The lowest BCUT2D eigenvalue weighted by Crippen LogP contribution is -2.17. The van der Waals surface area contributed by atoms with Gasteiger partial charge in [-0.25, -0.2) is 0 Å². The SMILES string of the molecule is N#Cc1ccc(CC(C=N)C(=O)O)cc1. The minimum atomic E-state index is -1.01. The summed E-state index contributed by atoms with van der Waals surface area (Å²) in [5, 5.41) is 24.3. The van der Waals surface area contributed by atoms with Crippen LogP contribution in [0.15, 0.2) is 24.3 Å². The van der Waals surface area contributed by atoms with E-state index in [-0.39, 0.29) is 6.42 Å². The van der Waals surface area contributed by atoms with Crippen molar-refractivity contribution in [3.63, 3.8) is 0 Å². The molecule has 0 aliphatic heterocycles. The summed E-state index contributed by atoms with van der Waals surface area (Å²) in [6, 6.07) is 8.67. The van der Waals surface area contributed by atoms with Crippen molar-refractivity contribution in [1.29, 1.82) is 10.7 Å². The van der Waals surface area contributed by atoms with Gasteiger partial charge in [0.2, 0.25) is 0 Å². The Morgan fingerprint density at radius 2 is 2.13 bits per heavy atom. The number of nitrogens with one attached hydrogen (secondary N) is 1. The molecule has 76 valence electrons. The Bertz CT molecular complexity index is 404. The number of aliphatic carboxylic acids is 1. The van der Waals surface area contributed by atoms with Crippen LogP contribution in [-0.2, 0) is 11.2 Å². The summed E-state index contributed by atoms with van der Waals surface area (Å²) in [6.07, 6.45) is 1.20. The summed E-state index contributed by atoms with van der Waals surface area (Å²) in [5.41, 5.74) is 1.35. The van der Waals surface area contributed by atoms with Crippen LogP contribution < -0.4 is 0 Å². The maximum absolute atomic E-state index is 10.7. The number of hydrogen-bond donors (Lipinski definition) is 2. The minimum absolute atomic E-state index is 0.282. The molecule has 1 atom stereocenters. The quantitative estimate of drug-likeness (QED) is 0.724. The van der Waals surface area contributed by atoms with Crippen LogP contribution in [0.4, 0.5) is 0 Å². The van der Waals surface area contributed by atoms with Gasteiger partial charge in [0.25, 0.3) is 0 Å². The summed E-state index contributed by atoms with van der Waals surface area (Å²) in [5.74, 6) is -1.80. The van der Waals surface area contributed by atoms with Gasteiger partial charge in [-0.05, 0) is 24.1 Å². The van der Waals surface area contributed by atoms with Crippen molar-refractivity contribution in [2.75, 3.05) is 0 Å². The summed E-state index contributed by atoms with van der Waals surface area (Å²) in [4.78, 5) is 10.7. The van der Waals surface area contributed by atoms with E-state index < -0.39 is 11.9 Å². The molecule has 0 saturated heterocycles. The highest BCUT2D eigenvalue weighted by Gasteiger charge is 2.14. The molecule has 0 bridgehead atoms. The van der Waals surface area contributed by atoms with Gasteiger partial charge in [0.05, 0.1) is 17.6 Å². The summed E-state index contributed by atoms with van der Waals surface area (Å²) in [7, 11) is 0. The molecular formula is C11H10N2O2. The topological polar surface area (TPSA) is 84.9 Å². The van der Waals surface area contributed by atoms with Gasteiger partial charge in [-0.15, -0.1) is 0 Å². The fraction of sp³-hybridized carbons (Fsp3) is 0.182. The molecule has 15 heavy (non-hydrogen) atoms. The fourth-order valence-electron chi connectivity index (χ4n) is 1.19. The number of rotatable bonds is 4. The highest BCUT2D eigenvalue weighted by Crippen LogP contribution is 2.09. The van der Waals surface area contributed by atoms with E-state index >= 15 is 0 Å². The van der Waals surface area contributed by atoms with Crippen LogP contribution in [-0.4, -0.2) is 17.3 Å². The van der Waals surface area contributed by atoms with Crippen LogP contribution in [0.1, 0.15) is 11.1 Å². The van der Waals surface area contributed by atoms with Crippen LogP contribution >= 0.6 is 0 Å². The van der Waals surface area contributed by atoms with Crippen molar-refractivity contribution in [2.45, 2.75) is 6.42 Å². The zero-order chi connectivity index (χ0) is 11.3. The molecule has 4 nitrogen and oxygen atoms in total. The summed E-state index contributed by atoms with van der Waals surface area (Å²) in [6.45, 7) is 0. The van der Waals surface area contributed by atoms with Gasteiger partial charge < -0.3 is 10.5 Å². The van der Waals surface area contributed by atoms with Crippen molar-refractivity contribution in [2.24, 2.45) is 5.92 Å². The first-order chi connectivity index (χ1) is 7.17. The summed E-state index contributed by atoms with van der Waals surface area (Å²) >= 11 is 0. The molecule has 0 spiro atoms. The first-order valence-corrected chi connectivity index (χ1v) is 4.40. The van der Waals surface area contributed by atoms with Crippen molar-refractivity contribution in [3.05, 3.63) is 35.4 Å². The molecule has 0 aliphatic carbocycles. The third-order valence-electron chi connectivity index (χ3n) is 2.06. The molecule has 0 saturated carbocycles. The standard InChI is InChI=1S/C11H10N2O2/c12-6-9-3-1-8(2-4-9)5-10(7-13)11(14)15/h1-4,7,10,13H,5H2,(H,14,15). The van der Waals surface area contributed by atoms with Gasteiger partial charge in [0.1, 0.15) is 0 Å². The van der Waals surface area contributed by atoms with Crippen molar-refractivity contribution < 1.29 is 9.90 Å². The third kappa shape index (κ3) is 2.92. The molecule has 0 amide bonds. The number of nitrogens with zero attached hydrogens (tertiary/aromatic N) is 1. The van der Waals surface area contributed by atoms with Crippen molar-refractivity contribution in [1.82, 2.24) is 0 Å². The third-order valence-corrected chi connectivity index (χ3v) is 2.06. The van der Waals surface area contributed by atoms with E-state index in [9.17, 15) is 4.79 Å². The van der Waals surface area contributed by atoms with E-state index in [1.807, 2.05) is 6.07 Å². The van der Waals surface area contributed by atoms with Gasteiger partial charge in [0.15, 0.2) is 0 Å². The number of carbonyl (C=O) groups is 1. The van der Waals surface area contributed by atoms with Gasteiger partial charge in [-0.2, -0.15) is 5.26 Å². The number of carboxylic acids is 1. The van der Waals surface area contributed by atoms with Crippen LogP contribution in [0, 0.1) is 22.7 Å². The van der Waals surface area contributed by atoms with Gasteiger partial charge >= 0.3 is 5.97 Å². The Morgan fingerprint density at radius 1 is 1.53 bits per heavy atom. The molecule has 2 N–H and O–H groups in total. The van der Waals surface area contributed by atoms with E-state index in [2.05, 4.69) is 0 Å². The molecule has 1 rings (SSSR count). The smallest absolute Gasteiger partial charge is 0.312 e. The first-order valence-electron chi connectivity index (χ1n) is 4.40. The number of hydrogen-bond acceptors (Lipinski definition) is 3. The molecule has 0 radical (unpaired) electrons. The average molecular weight is 202 g/mol. The Hall–Kier alpha value is -2.15. The Balaban J connectivity index is 2.76. The molecule has 0 heterocycles. The minimum Gasteiger partial charge on any atom is -0.481 e. The Morgan fingerprint density at radius 3 is 2.53 bits per heavy atom. The molecule has 0 aliphatic rings. The lowest BCUT2D eigenvalue weighted by Gasteiger charge is -2.05. The zero-order valence-corrected chi connectivity index (χ0v) is 7.97. The number of nitriles is 1. The predicted molar refractivity (Wildman–Crippen MR) is 54.8 cm³/mol. The Kier molecular flexibility index (Phi) is 3.58. The average Bonchev–Trinajstić information content (AvgIpc) is 2.26. The van der Waals surface area contributed by atoms with E-state index in [0.29, 0.717) is 5.56 Å². The van der Waals surface area contributed by atoms with Gasteiger partial charge in [-0.3, -0.25) is 4.79 Å². The second-order valence-corrected chi connectivity index (χ2v) is 3.12. The largest absolute Gasteiger partial charge is 0.481 e.